The van der Waals surface area contributed by atoms with E-state index < -0.39 is 16.6 Å². The van der Waals surface area contributed by atoms with Gasteiger partial charge in [0.1, 0.15) is 5.75 Å². The van der Waals surface area contributed by atoms with Crippen LogP contribution in [0.15, 0.2) is 24.3 Å². The minimum atomic E-state index is -3.63. The van der Waals surface area contributed by atoms with Crippen molar-refractivity contribution in [1.82, 2.24) is 5.32 Å². The third kappa shape index (κ3) is 5.13. The van der Waals surface area contributed by atoms with E-state index in [4.69, 9.17) is 0 Å². The van der Waals surface area contributed by atoms with E-state index in [9.17, 15) is 17.2 Å². The summed E-state index contributed by atoms with van der Waals surface area (Å²) in [4.78, 5) is 0. The molecule has 5 nitrogen and oxygen atoms in total. The molecule has 1 heterocycles. The van der Waals surface area contributed by atoms with Gasteiger partial charge in [-0.2, -0.15) is 8.78 Å². The lowest BCUT2D eigenvalue weighted by atomic mass is 10.1. The second-order valence-electron chi connectivity index (χ2n) is 4.90. The fourth-order valence-corrected chi connectivity index (χ4v) is 3.69. The van der Waals surface area contributed by atoms with Crippen LogP contribution in [0.3, 0.4) is 0 Å². The molecule has 1 fully saturated rings. The van der Waals surface area contributed by atoms with Gasteiger partial charge < -0.3 is 10.1 Å². The zero-order valence-electron chi connectivity index (χ0n) is 11.4. The maximum Gasteiger partial charge on any atom is 0.387 e. The van der Waals surface area contributed by atoms with Crippen LogP contribution in [-0.4, -0.2) is 33.4 Å². The standard InChI is InChI=1S/C13H18F2N2O3S/c14-13(15)20-12-7-2-1-6-11(12)17-21(18,19)9-10-5-3-4-8-16-10/h1-2,6-7,10,13,16-17H,3-5,8-9H2. The summed E-state index contributed by atoms with van der Waals surface area (Å²) in [5.41, 5.74) is 0.0219. The Hall–Kier alpha value is -1.41. The van der Waals surface area contributed by atoms with E-state index in [2.05, 4.69) is 14.8 Å². The first-order chi connectivity index (χ1) is 9.96. The molecule has 1 aliphatic heterocycles. The van der Waals surface area contributed by atoms with Crippen LogP contribution in [-0.2, 0) is 10.0 Å². The topological polar surface area (TPSA) is 67.4 Å². The van der Waals surface area contributed by atoms with E-state index in [1.165, 1.54) is 18.2 Å². The highest BCUT2D eigenvalue weighted by Gasteiger charge is 2.22. The Labute approximate surface area is 122 Å². The smallest absolute Gasteiger partial charge is 0.387 e. The highest BCUT2D eigenvalue weighted by Crippen LogP contribution is 2.26. The van der Waals surface area contributed by atoms with Gasteiger partial charge in [-0.15, -0.1) is 0 Å². The molecule has 1 atom stereocenters. The van der Waals surface area contributed by atoms with Gasteiger partial charge in [-0.1, -0.05) is 18.6 Å². The molecule has 0 saturated carbocycles. The number of benzene rings is 1. The molecule has 8 heteroatoms. The van der Waals surface area contributed by atoms with E-state index in [0.717, 1.165) is 25.8 Å². The number of rotatable bonds is 6. The largest absolute Gasteiger partial charge is 0.433 e. The number of ether oxygens (including phenoxy) is 1. The van der Waals surface area contributed by atoms with E-state index in [1.807, 2.05) is 0 Å². The summed E-state index contributed by atoms with van der Waals surface area (Å²) in [6.45, 7) is -2.21. The number of alkyl halides is 2. The molecule has 0 aliphatic carbocycles. The summed E-state index contributed by atoms with van der Waals surface area (Å²) in [6.07, 6.45) is 2.81. The molecule has 0 aromatic heterocycles. The van der Waals surface area contributed by atoms with Crippen molar-refractivity contribution < 1.29 is 21.9 Å². The quantitative estimate of drug-likeness (QED) is 0.843. The van der Waals surface area contributed by atoms with Crippen LogP contribution >= 0.6 is 0 Å². The molecule has 0 radical (unpaired) electrons. The lowest BCUT2D eigenvalue weighted by Gasteiger charge is -2.23. The first kappa shape index (κ1) is 16.0. The summed E-state index contributed by atoms with van der Waals surface area (Å²) >= 11 is 0. The average molecular weight is 320 g/mol. The van der Waals surface area contributed by atoms with Crippen LogP contribution in [0.25, 0.3) is 0 Å². The molecule has 1 unspecified atom stereocenters. The monoisotopic (exact) mass is 320 g/mol. The Bertz CT molecular complexity index is 560. The molecule has 1 aromatic carbocycles. The van der Waals surface area contributed by atoms with Crippen molar-refractivity contribution in [3.8, 4) is 5.75 Å². The molecule has 0 spiro atoms. The second kappa shape index (κ2) is 7.04. The van der Waals surface area contributed by atoms with Gasteiger partial charge in [0.25, 0.3) is 0 Å². The van der Waals surface area contributed by atoms with Gasteiger partial charge >= 0.3 is 6.61 Å². The van der Waals surface area contributed by atoms with E-state index >= 15 is 0 Å². The third-order valence-electron chi connectivity index (χ3n) is 3.20. The number of nitrogens with one attached hydrogen (secondary N) is 2. The molecular formula is C13H18F2N2O3S. The summed E-state index contributed by atoms with van der Waals surface area (Å²) in [6, 6.07) is 5.62. The zero-order valence-corrected chi connectivity index (χ0v) is 12.2. The number of hydrogen-bond acceptors (Lipinski definition) is 4. The molecule has 2 N–H and O–H groups in total. The average Bonchev–Trinajstić information content (AvgIpc) is 2.41. The van der Waals surface area contributed by atoms with Gasteiger partial charge in [-0.05, 0) is 31.5 Å². The molecule has 0 bridgehead atoms. The van der Waals surface area contributed by atoms with Gasteiger partial charge in [0.2, 0.25) is 10.0 Å². The molecule has 0 amide bonds. The highest BCUT2D eigenvalue weighted by atomic mass is 32.2. The zero-order chi connectivity index (χ0) is 15.3. The van der Waals surface area contributed by atoms with E-state index in [1.54, 1.807) is 6.07 Å². The maximum absolute atomic E-state index is 12.3. The van der Waals surface area contributed by atoms with Crippen LogP contribution in [0.4, 0.5) is 14.5 Å². The number of hydrogen-bond donors (Lipinski definition) is 2. The van der Waals surface area contributed by atoms with Crippen molar-refractivity contribution in [2.45, 2.75) is 31.9 Å². The fourth-order valence-electron chi connectivity index (χ4n) is 2.29. The number of sulfonamides is 1. The minimum absolute atomic E-state index is 0.0219. The number of para-hydroxylation sites is 2. The second-order valence-corrected chi connectivity index (χ2v) is 6.67. The van der Waals surface area contributed by atoms with Gasteiger partial charge in [-0.25, -0.2) is 8.42 Å². The molecule has 1 aromatic rings. The molecule has 21 heavy (non-hydrogen) atoms. The highest BCUT2D eigenvalue weighted by molar-refractivity contribution is 7.92. The van der Waals surface area contributed by atoms with Crippen molar-refractivity contribution in [3.05, 3.63) is 24.3 Å². The summed E-state index contributed by atoms with van der Waals surface area (Å²) in [7, 11) is -3.63. The Morgan fingerprint density at radius 1 is 1.33 bits per heavy atom. The van der Waals surface area contributed by atoms with Crippen LogP contribution in [0.1, 0.15) is 19.3 Å². The molecule has 2 rings (SSSR count). The minimum Gasteiger partial charge on any atom is -0.433 e. The predicted octanol–water partition coefficient (Wildman–Crippen LogP) is 2.17. The van der Waals surface area contributed by atoms with Gasteiger partial charge in [0, 0.05) is 6.04 Å². The van der Waals surface area contributed by atoms with Crippen LogP contribution in [0, 0.1) is 0 Å². The van der Waals surface area contributed by atoms with Crippen molar-refractivity contribution in [2.75, 3.05) is 17.0 Å². The van der Waals surface area contributed by atoms with Gasteiger partial charge in [0.05, 0.1) is 11.4 Å². The number of anilines is 1. The van der Waals surface area contributed by atoms with Crippen molar-refractivity contribution in [3.63, 3.8) is 0 Å². The Morgan fingerprint density at radius 3 is 2.76 bits per heavy atom. The maximum atomic E-state index is 12.3. The van der Waals surface area contributed by atoms with Crippen LogP contribution < -0.4 is 14.8 Å². The Balaban J connectivity index is 2.05. The van der Waals surface area contributed by atoms with Gasteiger partial charge in [-0.3, -0.25) is 4.72 Å². The van der Waals surface area contributed by atoms with Crippen molar-refractivity contribution >= 4 is 15.7 Å². The van der Waals surface area contributed by atoms with E-state index in [0.29, 0.717) is 0 Å². The SMILES string of the molecule is O=S(=O)(CC1CCCCN1)Nc1ccccc1OC(F)F. The Morgan fingerprint density at radius 2 is 2.10 bits per heavy atom. The normalized spacial score (nSPS) is 19.5. The first-order valence-corrected chi connectivity index (χ1v) is 8.39. The molecule has 1 aliphatic rings. The van der Waals surface area contributed by atoms with Crippen LogP contribution in [0.5, 0.6) is 5.75 Å². The molecular weight excluding hydrogens is 302 g/mol. The van der Waals surface area contributed by atoms with Crippen LogP contribution in [0.2, 0.25) is 0 Å². The van der Waals surface area contributed by atoms with Gasteiger partial charge in [0.15, 0.2) is 0 Å². The number of halogens is 2. The molecule has 118 valence electrons. The first-order valence-electron chi connectivity index (χ1n) is 6.74. The summed E-state index contributed by atoms with van der Waals surface area (Å²) in [5, 5.41) is 3.14. The van der Waals surface area contributed by atoms with E-state index in [-0.39, 0.29) is 23.2 Å². The molecule has 1 saturated heterocycles. The lowest BCUT2D eigenvalue weighted by Crippen LogP contribution is -2.40. The number of piperidine rings is 1. The van der Waals surface area contributed by atoms with Crippen molar-refractivity contribution in [2.24, 2.45) is 0 Å². The predicted molar refractivity (Wildman–Crippen MR) is 76.1 cm³/mol. The summed E-state index contributed by atoms with van der Waals surface area (Å²) < 4.78 is 55.4. The summed E-state index contributed by atoms with van der Waals surface area (Å²) in [5.74, 6) is -0.275. The third-order valence-corrected chi connectivity index (χ3v) is 4.57. The lowest BCUT2D eigenvalue weighted by molar-refractivity contribution is -0.0493. The Kier molecular flexibility index (Phi) is 5.35. The van der Waals surface area contributed by atoms with Crippen molar-refractivity contribution in [1.29, 1.82) is 0 Å². The fraction of sp³-hybridized carbons (Fsp3) is 0.538.